The van der Waals surface area contributed by atoms with Crippen LogP contribution in [0.4, 0.5) is 5.82 Å². The molecule has 2 aromatic rings. The molecule has 1 saturated heterocycles. The molecule has 1 aromatic heterocycles. The van der Waals surface area contributed by atoms with Gasteiger partial charge in [-0.25, -0.2) is 9.97 Å². The van der Waals surface area contributed by atoms with Crippen LogP contribution in [0.15, 0.2) is 24.5 Å². The van der Waals surface area contributed by atoms with Gasteiger partial charge in [0.05, 0.1) is 5.52 Å². The Morgan fingerprint density at radius 3 is 2.96 bits per heavy atom. The number of hydrogen-bond donors (Lipinski definition) is 1. The standard InChI is InChI=1S/C17H23N5O/c1-3-13-10-21(2)7-4-8-22(13)17(23)12-5-6-14-15(9-12)19-11-20-16(14)18/h5-6,9,11,13H,3-4,7-8,10H2,1-2H3,(H2,18,19,20). The van der Waals surface area contributed by atoms with E-state index in [2.05, 4.69) is 28.8 Å². The van der Waals surface area contributed by atoms with Crippen LogP contribution in [0.3, 0.4) is 0 Å². The second-order valence-electron chi connectivity index (χ2n) is 6.17. The van der Waals surface area contributed by atoms with Crippen molar-refractivity contribution in [1.82, 2.24) is 19.8 Å². The molecule has 23 heavy (non-hydrogen) atoms. The number of fused-ring (bicyclic) bond motifs is 1. The van der Waals surface area contributed by atoms with Crippen LogP contribution in [-0.2, 0) is 0 Å². The molecular formula is C17H23N5O. The molecule has 1 unspecified atom stereocenters. The first-order valence-corrected chi connectivity index (χ1v) is 8.10. The third-order valence-electron chi connectivity index (χ3n) is 4.55. The van der Waals surface area contributed by atoms with Crippen LogP contribution in [0.2, 0.25) is 0 Å². The van der Waals surface area contributed by atoms with Crippen molar-refractivity contribution in [2.45, 2.75) is 25.8 Å². The minimum atomic E-state index is 0.0752. The van der Waals surface area contributed by atoms with Gasteiger partial charge >= 0.3 is 0 Å². The molecule has 0 saturated carbocycles. The van der Waals surface area contributed by atoms with Crippen LogP contribution < -0.4 is 5.73 Å². The zero-order valence-electron chi connectivity index (χ0n) is 13.7. The summed E-state index contributed by atoms with van der Waals surface area (Å²) < 4.78 is 0. The summed E-state index contributed by atoms with van der Waals surface area (Å²) in [5.41, 5.74) is 7.23. The zero-order valence-corrected chi connectivity index (χ0v) is 13.7. The van der Waals surface area contributed by atoms with Gasteiger partial charge in [-0.15, -0.1) is 0 Å². The summed E-state index contributed by atoms with van der Waals surface area (Å²) in [6, 6.07) is 5.73. The van der Waals surface area contributed by atoms with E-state index >= 15 is 0 Å². The molecule has 0 spiro atoms. The second-order valence-corrected chi connectivity index (χ2v) is 6.17. The van der Waals surface area contributed by atoms with Gasteiger partial charge in [-0.1, -0.05) is 6.92 Å². The Bertz CT molecular complexity index is 717. The number of hydrogen-bond acceptors (Lipinski definition) is 5. The van der Waals surface area contributed by atoms with E-state index in [-0.39, 0.29) is 11.9 Å². The first kappa shape index (κ1) is 15.7. The maximum atomic E-state index is 13.0. The highest BCUT2D eigenvalue weighted by Crippen LogP contribution is 2.21. The van der Waals surface area contributed by atoms with Gasteiger partial charge in [0, 0.05) is 30.1 Å². The summed E-state index contributed by atoms with van der Waals surface area (Å²) in [5, 5.41) is 0.784. The third kappa shape index (κ3) is 3.12. The van der Waals surface area contributed by atoms with Crippen molar-refractivity contribution in [3.63, 3.8) is 0 Å². The van der Waals surface area contributed by atoms with Crippen molar-refractivity contribution in [2.24, 2.45) is 0 Å². The van der Waals surface area contributed by atoms with Crippen LogP contribution in [0.25, 0.3) is 10.9 Å². The smallest absolute Gasteiger partial charge is 0.254 e. The lowest BCUT2D eigenvalue weighted by atomic mass is 10.1. The lowest BCUT2D eigenvalue weighted by Crippen LogP contribution is -2.43. The number of rotatable bonds is 2. The largest absolute Gasteiger partial charge is 0.383 e. The molecule has 1 aliphatic rings. The molecule has 1 fully saturated rings. The van der Waals surface area contributed by atoms with Gasteiger partial charge in [0.25, 0.3) is 5.91 Å². The molecule has 1 atom stereocenters. The molecule has 1 aliphatic heterocycles. The van der Waals surface area contributed by atoms with E-state index in [1.165, 1.54) is 6.33 Å². The third-order valence-corrected chi connectivity index (χ3v) is 4.55. The Morgan fingerprint density at radius 1 is 1.35 bits per heavy atom. The van der Waals surface area contributed by atoms with Crippen LogP contribution >= 0.6 is 0 Å². The Hall–Kier alpha value is -2.21. The van der Waals surface area contributed by atoms with Crippen molar-refractivity contribution in [3.8, 4) is 0 Å². The molecule has 6 nitrogen and oxygen atoms in total. The van der Waals surface area contributed by atoms with Gasteiger partial charge < -0.3 is 15.5 Å². The van der Waals surface area contributed by atoms with Crippen LogP contribution in [0.5, 0.6) is 0 Å². The van der Waals surface area contributed by atoms with Crippen LogP contribution in [0, 0.1) is 0 Å². The maximum absolute atomic E-state index is 13.0. The average molecular weight is 313 g/mol. The number of nitrogens with zero attached hydrogens (tertiary/aromatic N) is 4. The van der Waals surface area contributed by atoms with E-state index < -0.39 is 0 Å². The Morgan fingerprint density at radius 2 is 2.17 bits per heavy atom. The zero-order chi connectivity index (χ0) is 16.4. The van der Waals surface area contributed by atoms with E-state index in [4.69, 9.17) is 5.73 Å². The molecule has 2 N–H and O–H groups in total. The van der Waals surface area contributed by atoms with Gasteiger partial charge in [-0.05, 0) is 44.6 Å². The number of nitrogen functional groups attached to an aromatic ring is 1. The average Bonchev–Trinajstić information content (AvgIpc) is 2.75. The monoisotopic (exact) mass is 313 g/mol. The molecular weight excluding hydrogens is 290 g/mol. The summed E-state index contributed by atoms with van der Waals surface area (Å²) in [6.07, 6.45) is 3.39. The van der Waals surface area contributed by atoms with Crippen LogP contribution in [-0.4, -0.2) is 58.4 Å². The summed E-state index contributed by atoms with van der Waals surface area (Å²) in [4.78, 5) is 25.5. The Labute approximate surface area is 136 Å². The normalized spacial score (nSPS) is 19.7. The fraction of sp³-hybridized carbons (Fsp3) is 0.471. The number of anilines is 1. The summed E-state index contributed by atoms with van der Waals surface area (Å²) >= 11 is 0. The molecule has 6 heteroatoms. The quantitative estimate of drug-likeness (QED) is 0.914. The van der Waals surface area contributed by atoms with Gasteiger partial charge in [0.2, 0.25) is 0 Å². The molecule has 0 radical (unpaired) electrons. The van der Waals surface area contributed by atoms with E-state index in [0.29, 0.717) is 16.9 Å². The van der Waals surface area contributed by atoms with Gasteiger partial charge in [0.1, 0.15) is 12.1 Å². The number of amides is 1. The molecule has 3 rings (SSSR count). The Kier molecular flexibility index (Phi) is 4.43. The number of likely N-dealkylation sites (N-methyl/N-ethyl adjacent to an activating group) is 1. The maximum Gasteiger partial charge on any atom is 0.254 e. The van der Waals surface area contributed by atoms with E-state index in [1.54, 1.807) is 0 Å². The van der Waals surface area contributed by atoms with Crippen molar-refractivity contribution >= 4 is 22.6 Å². The number of benzene rings is 1. The van der Waals surface area contributed by atoms with Crippen LogP contribution in [0.1, 0.15) is 30.1 Å². The van der Waals surface area contributed by atoms with Gasteiger partial charge in [-0.2, -0.15) is 0 Å². The number of carbonyl (C=O) groups excluding carboxylic acids is 1. The summed E-state index contributed by atoms with van der Waals surface area (Å²) in [5.74, 6) is 0.517. The number of nitrogens with two attached hydrogens (primary N) is 1. The minimum absolute atomic E-state index is 0.0752. The van der Waals surface area contributed by atoms with E-state index in [9.17, 15) is 4.79 Å². The predicted molar refractivity (Wildman–Crippen MR) is 91.2 cm³/mol. The molecule has 1 aromatic carbocycles. The highest BCUT2D eigenvalue weighted by atomic mass is 16.2. The summed E-state index contributed by atoms with van der Waals surface area (Å²) in [6.45, 7) is 4.89. The van der Waals surface area contributed by atoms with E-state index in [1.807, 2.05) is 23.1 Å². The minimum Gasteiger partial charge on any atom is -0.383 e. The first-order valence-electron chi connectivity index (χ1n) is 8.10. The van der Waals surface area contributed by atoms with Gasteiger partial charge in [-0.3, -0.25) is 4.79 Å². The SMILES string of the molecule is CCC1CN(C)CCCN1C(=O)c1ccc2c(N)ncnc2c1. The molecule has 1 amide bonds. The Balaban J connectivity index is 1.92. The first-order chi connectivity index (χ1) is 11.1. The van der Waals surface area contributed by atoms with Crippen molar-refractivity contribution in [1.29, 1.82) is 0 Å². The van der Waals surface area contributed by atoms with Crippen molar-refractivity contribution in [3.05, 3.63) is 30.1 Å². The second kappa shape index (κ2) is 6.50. The molecule has 0 aliphatic carbocycles. The molecule has 122 valence electrons. The number of carbonyl (C=O) groups is 1. The molecule has 2 heterocycles. The topological polar surface area (TPSA) is 75.3 Å². The highest BCUT2D eigenvalue weighted by Gasteiger charge is 2.27. The van der Waals surface area contributed by atoms with Gasteiger partial charge in [0.15, 0.2) is 0 Å². The van der Waals surface area contributed by atoms with E-state index in [0.717, 1.165) is 37.9 Å². The highest BCUT2D eigenvalue weighted by molar-refractivity contribution is 5.99. The fourth-order valence-electron chi connectivity index (χ4n) is 3.24. The lowest BCUT2D eigenvalue weighted by molar-refractivity contribution is 0.0676. The predicted octanol–water partition coefficient (Wildman–Crippen LogP) is 1.77. The fourth-order valence-corrected chi connectivity index (χ4v) is 3.24. The molecule has 0 bridgehead atoms. The van der Waals surface area contributed by atoms with Crippen molar-refractivity contribution < 1.29 is 4.79 Å². The number of aromatic nitrogens is 2. The lowest BCUT2D eigenvalue weighted by Gasteiger charge is -2.30. The summed E-state index contributed by atoms with van der Waals surface area (Å²) in [7, 11) is 2.12. The van der Waals surface area contributed by atoms with Crippen molar-refractivity contribution in [2.75, 3.05) is 32.4 Å².